The predicted molar refractivity (Wildman–Crippen MR) is 353 cm³/mol. The van der Waals surface area contributed by atoms with Gasteiger partial charge in [-0.15, -0.1) is 0 Å². The van der Waals surface area contributed by atoms with Crippen LogP contribution in [0.4, 0.5) is 0 Å². The third-order valence-electron chi connectivity index (χ3n) is 15.7. The van der Waals surface area contributed by atoms with Crippen LogP contribution in [0.1, 0.15) is 367 Å². The summed E-state index contributed by atoms with van der Waals surface area (Å²) in [5.41, 5.74) is 0. The van der Waals surface area contributed by atoms with Crippen LogP contribution in [0.2, 0.25) is 0 Å². The molecule has 0 bridgehead atoms. The highest BCUT2D eigenvalue weighted by molar-refractivity contribution is 5.71. The number of ether oxygens (including phenoxy) is 3. The lowest BCUT2D eigenvalue weighted by Gasteiger charge is -2.18. The molecule has 0 aliphatic carbocycles. The largest absolute Gasteiger partial charge is 0.462 e. The first-order valence-corrected chi connectivity index (χ1v) is 35.4. The van der Waals surface area contributed by atoms with Crippen LogP contribution in [-0.2, 0) is 28.6 Å². The third kappa shape index (κ3) is 67.5. The Balaban J connectivity index is 4.38. The van der Waals surface area contributed by atoms with Gasteiger partial charge in [-0.1, -0.05) is 351 Å². The molecule has 470 valence electrons. The van der Waals surface area contributed by atoms with Gasteiger partial charge in [0.15, 0.2) is 6.10 Å². The average molecular weight is 1130 g/mol. The number of unbranched alkanes of at least 4 members (excludes halogenated alkanes) is 42. The highest BCUT2D eigenvalue weighted by Gasteiger charge is 2.19. The molecule has 0 aliphatic rings. The molecule has 0 rings (SSSR count). The van der Waals surface area contributed by atoms with E-state index in [2.05, 4.69) is 93.7 Å². The van der Waals surface area contributed by atoms with Crippen molar-refractivity contribution in [3.63, 3.8) is 0 Å². The van der Waals surface area contributed by atoms with E-state index in [1.807, 2.05) is 0 Å². The fourth-order valence-electron chi connectivity index (χ4n) is 10.5. The molecule has 0 heterocycles. The van der Waals surface area contributed by atoms with Crippen molar-refractivity contribution < 1.29 is 28.6 Å². The maximum absolute atomic E-state index is 12.9. The van der Waals surface area contributed by atoms with E-state index in [1.54, 1.807) is 0 Å². The summed E-state index contributed by atoms with van der Waals surface area (Å²) in [6.07, 6.45) is 90.7. The van der Waals surface area contributed by atoms with Crippen LogP contribution in [0.3, 0.4) is 0 Å². The van der Waals surface area contributed by atoms with E-state index in [1.165, 1.54) is 231 Å². The number of esters is 3. The average Bonchev–Trinajstić information content (AvgIpc) is 3.47. The molecule has 0 amide bonds. The molecular formula is C75H134O6. The molecule has 0 radical (unpaired) electrons. The lowest BCUT2D eigenvalue weighted by atomic mass is 10.0. The van der Waals surface area contributed by atoms with Gasteiger partial charge in [0.05, 0.1) is 0 Å². The van der Waals surface area contributed by atoms with Crippen molar-refractivity contribution in [1.29, 1.82) is 0 Å². The van der Waals surface area contributed by atoms with Crippen molar-refractivity contribution in [1.82, 2.24) is 0 Å². The number of hydrogen-bond donors (Lipinski definition) is 0. The van der Waals surface area contributed by atoms with Gasteiger partial charge in [-0.25, -0.2) is 0 Å². The molecule has 1 unspecified atom stereocenters. The van der Waals surface area contributed by atoms with Crippen LogP contribution in [-0.4, -0.2) is 37.2 Å². The van der Waals surface area contributed by atoms with Gasteiger partial charge in [-0.3, -0.25) is 14.4 Å². The topological polar surface area (TPSA) is 78.9 Å². The van der Waals surface area contributed by atoms with Crippen LogP contribution in [0.15, 0.2) is 72.9 Å². The van der Waals surface area contributed by atoms with Crippen LogP contribution in [0, 0.1) is 0 Å². The van der Waals surface area contributed by atoms with E-state index in [0.717, 1.165) is 89.9 Å². The van der Waals surface area contributed by atoms with Crippen molar-refractivity contribution in [3.8, 4) is 0 Å². The minimum atomic E-state index is -0.798. The van der Waals surface area contributed by atoms with E-state index in [4.69, 9.17) is 14.2 Å². The molecule has 0 saturated carbocycles. The fraction of sp³-hybridized carbons (Fsp3) is 0.800. The molecule has 0 aromatic heterocycles. The Morgan fingerprint density at radius 3 is 0.753 bits per heavy atom. The second kappa shape index (κ2) is 69.3. The molecule has 0 aromatic rings. The number of carbonyl (C=O) groups is 3. The Morgan fingerprint density at radius 1 is 0.259 bits per heavy atom. The lowest BCUT2D eigenvalue weighted by Crippen LogP contribution is -2.30. The molecular weight excluding hydrogens is 997 g/mol. The smallest absolute Gasteiger partial charge is 0.306 e. The summed E-state index contributed by atoms with van der Waals surface area (Å²) in [5.74, 6) is -0.907. The van der Waals surface area contributed by atoms with Crippen LogP contribution < -0.4 is 0 Å². The summed E-state index contributed by atoms with van der Waals surface area (Å²) in [5, 5.41) is 0. The molecule has 6 nitrogen and oxygen atoms in total. The van der Waals surface area contributed by atoms with Crippen molar-refractivity contribution in [2.24, 2.45) is 0 Å². The Hall–Kier alpha value is -3.15. The molecule has 81 heavy (non-hydrogen) atoms. The van der Waals surface area contributed by atoms with Crippen molar-refractivity contribution >= 4 is 17.9 Å². The van der Waals surface area contributed by atoms with E-state index in [0.29, 0.717) is 19.3 Å². The zero-order valence-corrected chi connectivity index (χ0v) is 54.1. The van der Waals surface area contributed by atoms with Gasteiger partial charge in [0.2, 0.25) is 0 Å². The molecule has 1 atom stereocenters. The van der Waals surface area contributed by atoms with Gasteiger partial charge in [0, 0.05) is 19.3 Å². The highest BCUT2D eigenvalue weighted by Crippen LogP contribution is 2.18. The lowest BCUT2D eigenvalue weighted by molar-refractivity contribution is -0.167. The van der Waals surface area contributed by atoms with Crippen LogP contribution in [0.25, 0.3) is 0 Å². The first-order valence-electron chi connectivity index (χ1n) is 35.4. The number of hydrogen-bond acceptors (Lipinski definition) is 6. The summed E-state index contributed by atoms with van der Waals surface area (Å²) in [4.78, 5) is 38.5. The molecule has 0 N–H and O–H groups in total. The van der Waals surface area contributed by atoms with Gasteiger partial charge >= 0.3 is 17.9 Å². The summed E-state index contributed by atoms with van der Waals surface area (Å²) in [6.45, 7) is 6.56. The fourth-order valence-corrected chi connectivity index (χ4v) is 10.5. The first-order chi connectivity index (χ1) is 40.0. The SMILES string of the molecule is CC/C=C\C/C=C\C/C=C\C/C=C\C/C=C\C/C=C\CCCCC(=O)OC(COC(=O)CCCCCCCCCCCCCCCCCCCC)COC(=O)CCCCCCCCCCCCCCCCCCCCCCCCCC. The van der Waals surface area contributed by atoms with Gasteiger partial charge < -0.3 is 14.2 Å². The maximum Gasteiger partial charge on any atom is 0.306 e. The molecule has 0 spiro atoms. The summed E-state index contributed by atoms with van der Waals surface area (Å²) >= 11 is 0. The van der Waals surface area contributed by atoms with Gasteiger partial charge in [0.25, 0.3) is 0 Å². The summed E-state index contributed by atoms with van der Waals surface area (Å²) in [7, 11) is 0. The van der Waals surface area contributed by atoms with E-state index < -0.39 is 6.10 Å². The Bertz CT molecular complexity index is 1490. The first kappa shape index (κ1) is 77.9. The third-order valence-corrected chi connectivity index (χ3v) is 15.7. The van der Waals surface area contributed by atoms with Crippen LogP contribution >= 0.6 is 0 Å². The van der Waals surface area contributed by atoms with E-state index in [-0.39, 0.29) is 37.5 Å². The number of carbonyl (C=O) groups excluding carboxylic acids is 3. The molecule has 0 aliphatic heterocycles. The second-order valence-corrected chi connectivity index (χ2v) is 23.8. The van der Waals surface area contributed by atoms with Gasteiger partial charge in [-0.2, -0.15) is 0 Å². The Labute approximate surface area is 503 Å². The standard InChI is InChI=1S/C75H134O6/c1-4-7-10-13-16-19-22-25-28-31-34-36-37-38-40-41-44-47-50-53-56-59-62-65-68-74(77)80-71-72(70-79-73(76)67-64-61-58-55-52-49-46-43-33-30-27-24-21-18-15-12-9-6-3)81-75(78)69-66-63-60-57-54-51-48-45-42-39-35-32-29-26-23-20-17-14-11-8-5-2/h8,11,17,20,26,29,35,39,45,48,54,57,72H,4-7,9-10,12-16,18-19,21-25,27-28,30-34,36-38,40-44,46-47,49-53,55-56,58-71H2,1-3H3/b11-8-,20-17-,29-26-,39-35-,48-45-,57-54-. The quantitative estimate of drug-likeness (QED) is 0.0261. The molecule has 6 heteroatoms. The van der Waals surface area contributed by atoms with E-state index in [9.17, 15) is 14.4 Å². The minimum Gasteiger partial charge on any atom is -0.462 e. The molecule has 0 aromatic carbocycles. The summed E-state index contributed by atoms with van der Waals surface area (Å²) < 4.78 is 17.0. The summed E-state index contributed by atoms with van der Waals surface area (Å²) in [6, 6.07) is 0. The highest BCUT2D eigenvalue weighted by atomic mass is 16.6. The Kier molecular flexibility index (Phi) is 66.6. The van der Waals surface area contributed by atoms with Gasteiger partial charge in [-0.05, 0) is 70.6 Å². The van der Waals surface area contributed by atoms with Crippen LogP contribution in [0.5, 0.6) is 0 Å². The number of allylic oxidation sites excluding steroid dienone is 12. The van der Waals surface area contributed by atoms with Crippen molar-refractivity contribution in [2.45, 2.75) is 374 Å². The van der Waals surface area contributed by atoms with Crippen molar-refractivity contribution in [2.75, 3.05) is 13.2 Å². The maximum atomic E-state index is 12.9. The zero-order valence-electron chi connectivity index (χ0n) is 54.1. The minimum absolute atomic E-state index is 0.0883. The van der Waals surface area contributed by atoms with E-state index >= 15 is 0 Å². The number of rotatable bonds is 65. The normalized spacial score (nSPS) is 12.5. The predicted octanol–water partition coefficient (Wildman–Crippen LogP) is 24.4. The van der Waals surface area contributed by atoms with Crippen molar-refractivity contribution in [3.05, 3.63) is 72.9 Å². The second-order valence-electron chi connectivity index (χ2n) is 23.8. The molecule has 0 fully saturated rings. The monoisotopic (exact) mass is 1130 g/mol. The molecule has 0 saturated heterocycles. The zero-order chi connectivity index (χ0) is 58.5. The Morgan fingerprint density at radius 2 is 0.481 bits per heavy atom. The van der Waals surface area contributed by atoms with Gasteiger partial charge in [0.1, 0.15) is 13.2 Å².